The first-order valence-electron chi connectivity index (χ1n) is 9.41. The molecule has 0 bridgehead atoms. The molecule has 2 aliphatic rings. The summed E-state index contributed by atoms with van der Waals surface area (Å²) in [4.78, 5) is 29.3. The van der Waals surface area contributed by atoms with Crippen molar-refractivity contribution in [2.45, 2.75) is 26.0 Å². The molecule has 0 N–H and O–H groups in total. The molecule has 6 nitrogen and oxygen atoms in total. The molecule has 1 fully saturated rings. The first-order valence-corrected chi connectivity index (χ1v) is 11.1. The van der Waals surface area contributed by atoms with E-state index in [0.29, 0.717) is 50.3 Å². The third kappa shape index (κ3) is 3.41. The van der Waals surface area contributed by atoms with Gasteiger partial charge in [0.25, 0.3) is 0 Å². The van der Waals surface area contributed by atoms with Crippen molar-refractivity contribution in [2.24, 2.45) is 5.92 Å². The average molecular weight is 463 g/mol. The minimum atomic E-state index is -0.677. The summed E-state index contributed by atoms with van der Waals surface area (Å²) in [7, 11) is 0. The monoisotopic (exact) mass is 462 g/mol. The Labute approximate surface area is 186 Å². The Morgan fingerprint density at radius 1 is 1.33 bits per heavy atom. The van der Waals surface area contributed by atoms with Crippen LogP contribution in [0.5, 0.6) is 11.5 Å². The molecule has 154 valence electrons. The summed E-state index contributed by atoms with van der Waals surface area (Å²) < 4.78 is 13.9. The fourth-order valence-corrected chi connectivity index (χ4v) is 4.67. The van der Waals surface area contributed by atoms with Crippen molar-refractivity contribution < 1.29 is 14.3 Å². The normalized spacial score (nSPS) is 17.1. The van der Waals surface area contributed by atoms with E-state index in [9.17, 15) is 9.59 Å². The lowest BCUT2D eigenvalue weighted by atomic mass is 10.0. The third-order valence-corrected chi connectivity index (χ3v) is 6.77. The van der Waals surface area contributed by atoms with E-state index in [4.69, 9.17) is 32.7 Å². The second-order valence-corrected chi connectivity index (χ2v) is 9.06. The second kappa shape index (κ2) is 7.41. The highest BCUT2D eigenvalue weighted by molar-refractivity contribution is 7.10. The number of hydrogen-bond acceptors (Lipinski definition) is 6. The molecule has 0 unspecified atom stereocenters. The average Bonchev–Trinajstić information content (AvgIpc) is 3.44. The maximum absolute atomic E-state index is 12.6. The second-order valence-electron chi connectivity index (χ2n) is 7.41. The number of thiazole rings is 1. The predicted molar refractivity (Wildman–Crippen MR) is 115 cm³/mol. The highest BCUT2D eigenvalue weighted by Crippen LogP contribution is 2.46. The van der Waals surface area contributed by atoms with Gasteiger partial charge in [0.1, 0.15) is 21.5 Å². The van der Waals surface area contributed by atoms with Crippen molar-refractivity contribution in [3.63, 3.8) is 0 Å². The van der Waals surface area contributed by atoms with E-state index < -0.39 is 6.23 Å². The van der Waals surface area contributed by atoms with Gasteiger partial charge in [-0.1, -0.05) is 23.2 Å². The molecule has 3 aromatic rings. The van der Waals surface area contributed by atoms with Gasteiger partial charge < -0.3 is 14.0 Å². The van der Waals surface area contributed by atoms with Crippen molar-refractivity contribution in [1.29, 1.82) is 0 Å². The van der Waals surface area contributed by atoms with E-state index in [1.807, 2.05) is 0 Å². The minimum absolute atomic E-state index is 0.0759. The molecule has 30 heavy (non-hydrogen) atoms. The molecule has 3 heterocycles. The van der Waals surface area contributed by atoms with E-state index in [0.717, 1.165) is 0 Å². The molecule has 5 rings (SSSR count). The van der Waals surface area contributed by atoms with Crippen LogP contribution in [0.15, 0.2) is 34.7 Å². The lowest BCUT2D eigenvalue weighted by molar-refractivity contribution is 0.101. The fourth-order valence-electron chi connectivity index (χ4n) is 3.42. The van der Waals surface area contributed by atoms with Crippen molar-refractivity contribution >= 4 is 40.3 Å². The highest BCUT2D eigenvalue weighted by atomic mass is 35.5. The largest absolute Gasteiger partial charge is 0.492 e. The van der Waals surface area contributed by atoms with Gasteiger partial charge in [-0.25, -0.2) is 4.98 Å². The smallest absolute Gasteiger partial charge is 0.214 e. The molecule has 1 aliphatic heterocycles. The van der Waals surface area contributed by atoms with Gasteiger partial charge in [-0.2, -0.15) is 0 Å². The Hall–Kier alpha value is -2.35. The van der Waals surface area contributed by atoms with Crippen LogP contribution in [0, 0.1) is 5.92 Å². The zero-order valence-corrected chi connectivity index (χ0v) is 18.2. The number of ketones is 1. The molecule has 0 saturated heterocycles. The molecule has 9 heteroatoms. The Balaban J connectivity index is 1.68. The number of ether oxygens (including phenoxy) is 2. The number of Topliss-reactive ketones (excluding diaryl/α,β-unsaturated/α-hetero) is 1. The first kappa shape index (κ1) is 19.6. The summed E-state index contributed by atoms with van der Waals surface area (Å²) in [6, 6.07) is 4.90. The van der Waals surface area contributed by atoms with Crippen molar-refractivity contribution in [3.8, 4) is 22.8 Å². The van der Waals surface area contributed by atoms with Crippen LogP contribution in [0.2, 0.25) is 10.2 Å². The number of pyridine rings is 1. The predicted octanol–water partition coefficient (Wildman–Crippen LogP) is 5.21. The number of fused-ring (bicyclic) bond motifs is 3. The molecule has 1 aliphatic carbocycles. The summed E-state index contributed by atoms with van der Waals surface area (Å²) in [6.45, 7) is 1.97. The number of benzene rings is 1. The van der Waals surface area contributed by atoms with Crippen molar-refractivity contribution in [2.75, 3.05) is 6.61 Å². The van der Waals surface area contributed by atoms with E-state index in [2.05, 4.69) is 4.98 Å². The van der Waals surface area contributed by atoms with Crippen LogP contribution in [-0.4, -0.2) is 21.9 Å². The quantitative estimate of drug-likeness (QED) is 0.486. The number of nitrogens with zero attached hydrogens (tertiary/aromatic N) is 2. The summed E-state index contributed by atoms with van der Waals surface area (Å²) in [5.74, 6) is 1.31. The van der Waals surface area contributed by atoms with Gasteiger partial charge >= 0.3 is 0 Å². The number of halogens is 2. The van der Waals surface area contributed by atoms with Crippen molar-refractivity contribution in [3.05, 3.63) is 60.7 Å². The molecular formula is C21H16Cl2N2O4S. The Bertz CT molecular complexity index is 1230. The molecule has 2 aromatic heterocycles. The molecule has 1 saturated carbocycles. The van der Waals surface area contributed by atoms with E-state index >= 15 is 0 Å². The van der Waals surface area contributed by atoms with E-state index in [-0.39, 0.29) is 16.8 Å². The Morgan fingerprint density at radius 3 is 2.80 bits per heavy atom. The van der Waals surface area contributed by atoms with Crippen LogP contribution in [-0.2, 0) is 0 Å². The van der Waals surface area contributed by atoms with Crippen LogP contribution < -0.4 is 14.9 Å². The lowest BCUT2D eigenvalue weighted by Crippen LogP contribution is -2.27. The number of rotatable bonds is 5. The topological polar surface area (TPSA) is 70.4 Å². The standard InChI is InChI=1S/C21H16Cl2N2O4S/c1-10(26)13-7-25-15(5-16(13)27)12-4-14(22)18(28-8-11-2-3-11)6-17(12)29-21(25)19-20(23)24-9-30-19/h4-7,9,11,21H,2-3,8H2,1H3/t21-/m1/s1. The minimum Gasteiger partial charge on any atom is -0.492 e. The summed E-state index contributed by atoms with van der Waals surface area (Å²) in [6.07, 6.45) is 3.16. The zero-order chi connectivity index (χ0) is 21.0. The molecule has 0 amide bonds. The number of carbonyl (C=O) groups is 1. The van der Waals surface area contributed by atoms with Crippen LogP contribution >= 0.6 is 34.5 Å². The highest BCUT2D eigenvalue weighted by Gasteiger charge is 2.32. The summed E-state index contributed by atoms with van der Waals surface area (Å²) in [5, 5.41) is 0.739. The Morgan fingerprint density at radius 2 is 2.13 bits per heavy atom. The summed E-state index contributed by atoms with van der Waals surface area (Å²) >= 11 is 14.1. The molecule has 0 radical (unpaired) electrons. The number of carbonyl (C=O) groups excluding carboxylic acids is 1. The number of hydrogen-bond donors (Lipinski definition) is 0. The van der Waals surface area contributed by atoms with Crippen molar-refractivity contribution in [1.82, 2.24) is 9.55 Å². The maximum atomic E-state index is 12.6. The van der Waals surface area contributed by atoms with Gasteiger partial charge in [0.2, 0.25) is 6.23 Å². The van der Waals surface area contributed by atoms with Crippen LogP contribution in [0.1, 0.15) is 41.2 Å². The van der Waals surface area contributed by atoms with Gasteiger partial charge in [-0.3, -0.25) is 9.59 Å². The summed E-state index contributed by atoms with van der Waals surface area (Å²) in [5.41, 5.74) is 2.56. The van der Waals surface area contributed by atoms with Gasteiger partial charge in [-0.15, -0.1) is 11.3 Å². The van der Waals surface area contributed by atoms with E-state index in [1.54, 1.807) is 22.2 Å². The number of aromatic nitrogens is 2. The molecular weight excluding hydrogens is 447 g/mol. The zero-order valence-electron chi connectivity index (χ0n) is 15.9. The van der Waals surface area contributed by atoms with Gasteiger partial charge in [0.05, 0.1) is 28.4 Å². The molecule has 1 aromatic carbocycles. The molecule has 0 spiro atoms. The van der Waals surface area contributed by atoms with Crippen LogP contribution in [0.3, 0.4) is 0 Å². The molecule has 1 atom stereocenters. The van der Waals surface area contributed by atoms with Crippen LogP contribution in [0.4, 0.5) is 0 Å². The first-order chi connectivity index (χ1) is 14.4. The fraction of sp³-hybridized carbons (Fsp3) is 0.286. The van der Waals surface area contributed by atoms with Gasteiger partial charge in [-0.05, 0) is 31.7 Å². The SMILES string of the molecule is CC(=O)c1cn2c(cc1=O)-c1cc(Cl)c(OCC3CC3)cc1O[C@@H]2c1scnc1Cl. The Kier molecular flexibility index (Phi) is 4.84. The van der Waals surface area contributed by atoms with Gasteiger partial charge in [0.15, 0.2) is 11.2 Å². The maximum Gasteiger partial charge on any atom is 0.214 e. The lowest BCUT2D eigenvalue weighted by Gasteiger charge is -2.31. The third-order valence-electron chi connectivity index (χ3n) is 5.21. The van der Waals surface area contributed by atoms with E-state index in [1.165, 1.54) is 43.4 Å². The van der Waals surface area contributed by atoms with Crippen LogP contribution in [0.25, 0.3) is 11.3 Å². The van der Waals surface area contributed by atoms with Gasteiger partial charge in [0, 0.05) is 23.9 Å².